The number of phenols is 1. The number of nitrogens with one attached hydrogen (secondary N) is 1. The first-order chi connectivity index (χ1) is 13.6. The van der Waals surface area contributed by atoms with Crippen molar-refractivity contribution in [1.29, 1.82) is 0 Å². The molecule has 0 bridgehead atoms. The summed E-state index contributed by atoms with van der Waals surface area (Å²) in [5.74, 6) is -1.85. The maximum atomic E-state index is 12.7. The van der Waals surface area contributed by atoms with E-state index in [1.165, 1.54) is 0 Å². The summed E-state index contributed by atoms with van der Waals surface area (Å²) in [6.07, 6.45) is 1.70. The van der Waals surface area contributed by atoms with Gasteiger partial charge < -0.3 is 5.11 Å². The molecule has 150 valence electrons. The van der Waals surface area contributed by atoms with E-state index in [0.29, 0.717) is 11.6 Å². The highest BCUT2D eigenvalue weighted by Crippen LogP contribution is 2.36. The van der Waals surface area contributed by atoms with Crippen molar-refractivity contribution in [2.45, 2.75) is 17.7 Å². The van der Waals surface area contributed by atoms with Crippen LogP contribution in [0, 0.1) is 10.1 Å². The van der Waals surface area contributed by atoms with Gasteiger partial charge in [-0.25, -0.2) is 0 Å². The molecule has 0 aliphatic heterocycles. The van der Waals surface area contributed by atoms with Crippen LogP contribution in [0.25, 0.3) is 0 Å². The van der Waals surface area contributed by atoms with Gasteiger partial charge in [0.1, 0.15) is 16.3 Å². The van der Waals surface area contributed by atoms with Gasteiger partial charge in [-0.1, -0.05) is 36.4 Å². The average Bonchev–Trinajstić information content (AvgIpc) is 2.94. The Hall–Kier alpha value is -3.57. The Morgan fingerprint density at radius 3 is 2.45 bits per heavy atom. The summed E-state index contributed by atoms with van der Waals surface area (Å²) in [4.78, 5) is 21.8. The summed E-state index contributed by atoms with van der Waals surface area (Å²) in [5.41, 5.74) is 2.46. The average molecular weight is 417 g/mol. The predicted octanol–water partition coefficient (Wildman–Crippen LogP) is 2.63. The summed E-state index contributed by atoms with van der Waals surface area (Å²) in [6, 6.07) is 10.3. The molecule has 3 N–H and O–H groups in total. The zero-order valence-corrected chi connectivity index (χ0v) is 15.8. The van der Waals surface area contributed by atoms with E-state index in [0.717, 1.165) is 11.6 Å². The van der Waals surface area contributed by atoms with Crippen molar-refractivity contribution < 1.29 is 27.8 Å². The lowest BCUT2D eigenvalue weighted by Crippen LogP contribution is -2.16. The van der Waals surface area contributed by atoms with Crippen LogP contribution in [0.5, 0.6) is 5.75 Å². The number of allylic oxidation sites excluding steroid dienone is 2. The molecular weight excluding hydrogens is 402 g/mol. The summed E-state index contributed by atoms with van der Waals surface area (Å²) in [7, 11) is -4.94. The maximum absolute atomic E-state index is 12.7. The van der Waals surface area contributed by atoms with Crippen molar-refractivity contribution in [3.63, 3.8) is 0 Å². The van der Waals surface area contributed by atoms with Gasteiger partial charge in [-0.2, -0.15) is 13.5 Å². The van der Waals surface area contributed by atoms with Crippen LogP contribution in [0.3, 0.4) is 0 Å². The predicted molar refractivity (Wildman–Crippen MR) is 104 cm³/mol. The highest BCUT2D eigenvalue weighted by molar-refractivity contribution is 7.86. The molecular formula is C18H15N3O7S. The van der Waals surface area contributed by atoms with Crippen LogP contribution in [0.4, 0.5) is 11.4 Å². The number of Topliss-reactive ketones (excluding diaryl/α,β-unsaturated/α-hetero) is 1. The number of nitro groups is 1. The minimum Gasteiger partial charge on any atom is -0.504 e. The lowest BCUT2D eigenvalue weighted by Gasteiger charge is -2.09. The molecule has 0 radical (unpaired) electrons. The second kappa shape index (κ2) is 7.45. The fourth-order valence-corrected chi connectivity index (χ4v) is 3.52. The minimum atomic E-state index is -4.94. The van der Waals surface area contributed by atoms with Gasteiger partial charge in [0.25, 0.3) is 15.8 Å². The number of ketones is 1. The van der Waals surface area contributed by atoms with E-state index in [9.17, 15) is 33.0 Å². The Labute approximate surface area is 165 Å². The van der Waals surface area contributed by atoms with E-state index in [1.54, 1.807) is 37.3 Å². The molecule has 1 aliphatic rings. The fourth-order valence-electron chi connectivity index (χ4n) is 2.89. The maximum Gasteiger partial charge on any atom is 0.298 e. The van der Waals surface area contributed by atoms with Crippen LogP contribution in [-0.2, 0) is 14.9 Å². The van der Waals surface area contributed by atoms with Crippen LogP contribution in [-0.4, -0.2) is 34.5 Å². The Morgan fingerprint density at radius 2 is 1.86 bits per heavy atom. The number of nitro benzene ring substituents is 1. The number of rotatable bonds is 5. The Bertz CT molecular complexity index is 1170. The number of hydrogen-bond donors (Lipinski definition) is 3. The molecule has 0 saturated heterocycles. The lowest BCUT2D eigenvalue weighted by atomic mass is 9.97. The van der Waals surface area contributed by atoms with Crippen molar-refractivity contribution in [3.05, 3.63) is 69.8 Å². The molecule has 10 nitrogen and oxygen atoms in total. The summed E-state index contributed by atoms with van der Waals surface area (Å²) >= 11 is 0. The normalized spacial score (nSPS) is 18.0. The van der Waals surface area contributed by atoms with Gasteiger partial charge in [-0.05, 0) is 18.1 Å². The monoisotopic (exact) mass is 417 g/mol. The quantitative estimate of drug-likeness (QED) is 0.290. The van der Waals surface area contributed by atoms with Gasteiger partial charge in [-0.15, -0.1) is 0 Å². The number of aromatic hydroxyl groups is 1. The molecule has 1 unspecified atom stereocenters. The van der Waals surface area contributed by atoms with Crippen molar-refractivity contribution in [1.82, 2.24) is 0 Å². The SMILES string of the molecule is CC1=CC(c2ccccc2)C(=O)C1=NNc1cc([N+](=O)[O-])cc(S(=O)(=O)O)c1O. The first-order valence-electron chi connectivity index (χ1n) is 8.20. The van der Waals surface area contributed by atoms with Gasteiger partial charge in [0.05, 0.1) is 10.8 Å². The fraction of sp³-hybridized carbons (Fsp3) is 0.111. The van der Waals surface area contributed by atoms with E-state index >= 15 is 0 Å². The zero-order chi connectivity index (χ0) is 21.3. The molecule has 0 amide bonds. The lowest BCUT2D eigenvalue weighted by molar-refractivity contribution is -0.385. The van der Waals surface area contributed by atoms with Crippen molar-refractivity contribution in [2.24, 2.45) is 5.10 Å². The number of phenolic OH excluding ortho intramolecular Hbond substituents is 1. The van der Waals surface area contributed by atoms with Gasteiger partial charge in [0.2, 0.25) is 0 Å². The summed E-state index contributed by atoms with van der Waals surface area (Å²) in [5, 5.41) is 25.0. The Kier molecular flexibility index (Phi) is 5.18. The second-order valence-corrected chi connectivity index (χ2v) is 7.64. The molecule has 1 atom stereocenters. The van der Waals surface area contributed by atoms with Crippen LogP contribution in [0.15, 0.2) is 64.1 Å². The van der Waals surface area contributed by atoms with E-state index in [2.05, 4.69) is 10.5 Å². The molecule has 0 fully saturated rings. The highest BCUT2D eigenvalue weighted by atomic mass is 32.2. The van der Waals surface area contributed by atoms with Gasteiger partial charge in [0.15, 0.2) is 11.5 Å². The standard InChI is InChI=1S/C18H15N3O7S/c1-10-7-13(11-5-3-2-4-6-11)17(22)16(10)20-19-14-8-12(21(24)25)9-15(18(14)23)29(26,27)28/h2-9,13,19,23H,1H3,(H,26,27,28). The third-order valence-corrected chi connectivity index (χ3v) is 5.17. The summed E-state index contributed by atoms with van der Waals surface area (Å²) < 4.78 is 32.0. The second-order valence-electron chi connectivity index (χ2n) is 6.25. The number of carbonyl (C=O) groups excluding carboxylic acids is 1. The minimum absolute atomic E-state index is 0.0261. The van der Waals surface area contributed by atoms with Crippen LogP contribution < -0.4 is 5.43 Å². The van der Waals surface area contributed by atoms with E-state index < -0.39 is 43.0 Å². The molecule has 29 heavy (non-hydrogen) atoms. The smallest absolute Gasteiger partial charge is 0.298 e. The van der Waals surface area contributed by atoms with Crippen molar-refractivity contribution in [3.8, 4) is 5.75 Å². The number of carbonyl (C=O) groups is 1. The molecule has 2 aromatic carbocycles. The van der Waals surface area contributed by atoms with Crippen molar-refractivity contribution in [2.75, 3.05) is 5.43 Å². The van der Waals surface area contributed by atoms with Gasteiger partial charge >= 0.3 is 0 Å². The number of non-ortho nitro benzene ring substituents is 1. The van der Waals surface area contributed by atoms with E-state index in [-0.39, 0.29) is 11.5 Å². The Morgan fingerprint density at radius 1 is 1.21 bits per heavy atom. The van der Waals surface area contributed by atoms with Gasteiger partial charge in [0, 0.05) is 12.1 Å². The third kappa shape index (κ3) is 4.00. The number of anilines is 1. The third-order valence-electron chi connectivity index (χ3n) is 4.30. The largest absolute Gasteiger partial charge is 0.504 e. The van der Waals surface area contributed by atoms with Crippen LogP contribution in [0.1, 0.15) is 18.4 Å². The zero-order valence-electron chi connectivity index (χ0n) is 14.9. The van der Waals surface area contributed by atoms with E-state index in [1.807, 2.05) is 6.07 Å². The van der Waals surface area contributed by atoms with Crippen molar-refractivity contribution >= 4 is 33.0 Å². The first kappa shape index (κ1) is 20.2. The topological polar surface area (TPSA) is 159 Å². The molecule has 1 aliphatic carbocycles. The number of hydrogen-bond acceptors (Lipinski definition) is 8. The molecule has 3 rings (SSSR count). The summed E-state index contributed by atoms with van der Waals surface area (Å²) in [6.45, 7) is 1.65. The van der Waals surface area contributed by atoms with Gasteiger partial charge in [-0.3, -0.25) is 24.9 Å². The van der Waals surface area contributed by atoms with Crippen LogP contribution in [0.2, 0.25) is 0 Å². The van der Waals surface area contributed by atoms with E-state index in [4.69, 9.17) is 0 Å². The van der Waals surface area contributed by atoms with Crippen LogP contribution >= 0.6 is 0 Å². The molecule has 0 spiro atoms. The molecule has 0 heterocycles. The molecule has 0 aromatic heterocycles. The number of nitrogens with zero attached hydrogens (tertiary/aromatic N) is 2. The molecule has 11 heteroatoms. The Balaban J connectivity index is 1.98. The number of benzene rings is 2. The first-order valence-corrected chi connectivity index (χ1v) is 9.64. The molecule has 2 aromatic rings. The number of hydrazone groups is 1. The molecule has 0 saturated carbocycles. The highest BCUT2D eigenvalue weighted by Gasteiger charge is 2.31.